The van der Waals surface area contributed by atoms with E-state index in [0.29, 0.717) is 25.9 Å². The Bertz CT molecular complexity index is 979. The molecule has 8 nitrogen and oxygen atoms in total. The van der Waals surface area contributed by atoms with Crippen molar-refractivity contribution in [1.29, 1.82) is 0 Å². The predicted octanol–water partition coefficient (Wildman–Crippen LogP) is 2.16. The Morgan fingerprint density at radius 1 is 1.06 bits per heavy atom. The van der Waals surface area contributed by atoms with E-state index >= 15 is 0 Å². The van der Waals surface area contributed by atoms with E-state index in [1.165, 1.54) is 5.56 Å². The lowest BCUT2D eigenvalue weighted by molar-refractivity contribution is -0.149. The molecule has 0 spiro atoms. The normalized spacial score (nSPS) is 28.1. The van der Waals surface area contributed by atoms with E-state index in [2.05, 4.69) is 29.7 Å². The maximum atomic E-state index is 13.6. The first-order valence-electron chi connectivity index (χ1n) is 12.9. The molecule has 8 heteroatoms. The van der Waals surface area contributed by atoms with Gasteiger partial charge in [-0.3, -0.25) is 19.2 Å². The number of hydrogen-bond donors (Lipinski definition) is 2. The van der Waals surface area contributed by atoms with Crippen molar-refractivity contribution in [2.75, 3.05) is 13.1 Å². The molecule has 1 aromatic carbocycles. The molecule has 0 bridgehead atoms. The van der Waals surface area contributed by atoms with E-state index in [4.69, 9.17) is 0 Å². The number of rotatable bonds is 6. The fourth-order valence-electron chi connectivity index (χ4n) is 6.14. The number of benzene rings is 1. The van der Waals surface area contributed by atoms with Gasteiger partial charge in [0, 0.05) is 38.4 Å². The second-order valence-electron chi connectivity index (χ2n) is 10.9. The fraction of sp³-hybridized carbons (Fsp3) is 0.630. The molecule has 3 saturated heterocycles. The number of amides is 4. The summed E-state index contributed by atoms with van der Waals surface area (Å²) in [6.07, 6.45) is 4.46. The van der Waals surface area contributed by atoms with Crippen LogP contribution in [0.5, 0.6) is 0 Å². The van der Waals surface area contributed by atoms with Crippen LogP contribution in [0.3, 0.4) is 0 Å². The highest BCUT2D eigenvalue weighted by atomic mass is 16.2. The third kappa shape index (κ3) is 5.21. The summed E-state index contributed by atoms with van der Waals surface area (Å²) in [5.74, 6) is -0.143. The summed E-state index contributed by atoms with van der Waals surface area (Å²) in [6, 6.07) is 10.1. The molecular weight excluding hydrogens is 444 g/mol. The van der Waals surface area contributed by atoms with E-state index < -0.39 is 11.1 Å². The number of carbonyl (C=O) groups is 4. The summed E-state index contributed by atoms with van der Waals surface area (Å²) in [7, 11) is 0. The quantitative estimate of drug-likeness (QED) is 0.649. The van der Waals surface area contributed by atoms with Crippen LogP contribution in [-0.4, -0.2) is 69.7 Å². The van der Waals surface area contributed by atoms with Gasteiger partial charge in [-0.05, 0) is 58.4 Å². The molecule has 1 aromatic rings. The van der Waals surface area contributed by atoms with E-state index in [1.807, 2.05) is 23.1 Å². The molecule has 0 aliphatic carbocycles. The molecule has 3 fully saturated rings. The Morgan fingerprint density at radius 2 is 1.77 bits per heavy atom. The maximum absolute atomic E-state index is 13.6. The minimum absolute atomic E-state index is 0.00118. The maximum Gasteiger partial charge on any atom is 0.245 e. The average molecular weight is 483 g/mol. The molecule has 4 rings (SSSR count). The van der Waals surface area contributed by atoms with Crippen LogP contribution < -0.4 is 10.6 Å². The molecule has 0 radical (unpaired) electrons. The number of hydrogen-bond acceptors (Lipinski definition) is 4. The van der Waals surface area contributed by atoms with Crippen LogP contribution in [0.15, 0.2) is 30.3 Å². The molecule has 35 heavy (non-hydrogen) atoms. The van der Waals surface area contributed by atoms with Crippen LogP contribution in [0.25, 0.3) is 0 Å². The SMILES string of the molecule is CC1(C)C(=O)NCCN1C(=O)CCCC(=O)N1[C@H](Cc2ccccc2)C[C@]2(C)NC(=O)CCC[C@H]12. The Balaban J connectivity index is 1.44. The van der Waals surface area contributed by atoms with E-state index in [9.17, 15) is 19.2 Å². The molecule has 3 atom stereocenters. The molecule has 0 saturated carbocycles. The van der Waals surface area contributed by atoms with Gasteiger partial charge in [-0.15, -0.1) is 0 Å². The van der Waals surface area contributed by atoms with Gasteiger partial charge in [0.25, 0.3) is 0 Å². The first-order valence-corrected chi connectivity index (χ1v) is 12.9. The fourth-order valence-corrected chi connectivity index (χ4v) is 6.14. The average Bonchev–Trinajstić information content (AvgIpc) is 2.97. The van der Waals surface area contributed by atoms with Gasteiger partial charge in [-0.1, -0.05) is 30.3 Å². The van der Waals surface area contributed by atoms with Crippen molar-refractivity contribution in [2.45, 2.75) is 95.3 Å². The van der Waals surface area contributed by atoms with Crippen LogP contribution in [0.4, 0.5) is 0 Å². The van der Waals surface area contributed by atoms with Crippen LogP contribution >= 0.6 is 0 Å². The third-order valence-electron chi connectivity index (χ3n) is 7.97. The van der Waals surface area contributed by atoms with Crippen LogP contribution in [0.1, 0.15) is 71.3 Å². The Morgan fingerprint density at radius 3 is 2.51 bits per heavy atom. The number of carbonyl (C=O) groups excluding carboxylic acids is 4. The van der Waals surface area contributed by atoms with Gasteiger partial charge >= 0.3 is 0 Å². The standard InChI is InChI=1S/C27H38N4O4/c1-26(2)25(35)28-15-16-30(26)23(33)13-8-14-24(34)31-20(17-19-9-5-4-6-10-19)18-27(3)21(31)11-7-12-22(32)29-27/h4-6,9-10,20-21H,7-8,11-18H2,1-3H3,(H,28,35)(H,29,32)/t20-,21+,27+/m1/s1. The molecular formula is C27H38N4O4. The summed E-state index contributed by atoms with van der Waals surface area (Å²) in [5, 5.41) is 6.02. The number of nitrogens with zero attached hydrogens (tertiary/aromatic N) is 2. The smallest absolute Gasteiger partial charge is 0.245 e. The Kier molecular flexibility index (Phi) is 7.20. The molecule has 3 aliphatic rings. The zero-order valence-electron chi connectivity index (χ0n) is 21.1. The molecule has 0 aromatic heterocycles. The van der Waals surface area contributed by atoms with E-state index in [1.54, 1.807) is 18.7 Å². The second kappa shape index (κ2) is 9.99. The van der Waals surface area contributed by atoms with Crippen molar-refractivity contribution in [3.63, 3.8) is 0 Å². The van der Waals surface area contributed by atoms with Crippen molar-refractivity contribution in [2.24, 2.45) is 0 Å². The van der Waals surface area contributed by atoms with Gasteiger partial charge in [0.15, 0.2) is 0 Å². The first kappa shape index (κ1) is 25.2. The number of likely N-dealkylation sites (tertiary alicyclic amines) is 1. The van der Waals surface area contributed by atoms with E-state index in [0.717, 1.165) is 25.7 Å². The lowest BCUT2D eigenvalue weighted by Gasteiger charge is -2.41. The summed E-state index contributed by atoms with van der Waals surface area (Å²) in [4.78, 5) is 54.7. The minimum Gasteiger partial charge on any atom is -0.352 e. The van der Waals surface area contributed by atoms with Crippen LogP contribution in [0.2, 0.25) is 0 Å². The van der Waals surface area contributed by atoms with Crippen molar-refractivity contribution in [1.82, 2.24) is 20.4 Å². The number of piperazine rings is 1. The molecule has 4 amide bonds. The predicted molar refractivity (Wildman–Crippen MR) is 132 cm³/mol. The lowest BCUT2D eigenvalue weighted by atomic mass is 9.88. The van der Waals surface area contributed by atoms with Gasteiger partial charge < -0.3 is 20.4 Å². The monoisotopic (exact) mass is 482 g/mol. The van der Waals surface area contributed by atoms with Crippen LogP contribution in [-0.2, 0) is 25.6 Å². The zero-order valence-corrected chi connectivity index (χ0v) is 21.1. The Hall–Kier alpha value is -2.90. The molecule has 2 N–H and O–H groups in total. The largest absolute Gasteiger partial charge is 0.352 e. The van der Waals surface area contributed by atoms with Crippen molar-refractivity contribution in [3.8, 4) is 0 Å². The summed E-state index contributed by atoms with van der Waals surface area (Å²) in [6.45, 7) is 6.51. The van der Waals surface area contributed by atoms with E-state index in [-0.39, 0.29) is 48.6 Å². The number of fused-ring (bicyclic) bond motifs is 1. The van der Waals surface area contributed by atoms with Crippen molar-refractivity contribution in [3.05, 3.63) is 35.9 Å². The highest BCUT2D eigenvalue weighted by molar-refractivity contribution is 5.92. The van der Waals surface area contributed by atoms with Gasteiger partial charge in [-0.2, -0.15) is 0 Å². The van der Waals surface area contributed by atoms with Crippen molar-refractivity contribution >= 4 is 23.6 Å². The molecule has 3 heterocycles. The van der Waals surface area contributed by atoms with Crippen LogP contribution in [0, 0.1) is 0 Å². The zero-order chi connectivity index (χ0) is 25.2. The summed E-state index contributed by atoms with van der Waals surface area (Å²) < 4.78 is 0. The first-order chi connectivity index (χ1) is 16.6. The van der Waals surface area contributed by atoms with Gasteiger partial charge in [0.1, 0.15) is 5.54 Å². The molecule has 190 valence electrons. The lowest BCUT2D eigenvalue weighted by Crippen LogP contribution is -2.63. The number of nitrogens with one attached hydrogen (secondary N) is 2. The van der Waals surface area contributed by atoms with Crippen molar-refractivity contribution < 1.29 is 19.2 Å². The second-order valence-corrected chi connectivity index (χ2v) is 10.9. The third-order valence-corrected chi connectivity index (χ3v) is 7.97. The topological polar surface area (TPSA) is 98.8 Å². The summed E-state index contributed by atoms with van der Waals surface area (Å²) >= 11 is 0. The minimum atomic E-state index is -0.880. The highest BCUT2D eigenvalue weighted by Gasteiger charge is 2.52. The molecule has 0 unspecified atom stereocenters. The Labute approximate surface area is 207 Å². The molecule has 3 aliphatic heterocycles. The summed E-state index contributed by atoms with van der Waals surface area (Å²) in [5.41, 5.74) is -0.151. The van der Waals surface area contributed by atoms with Gasteiger partial charge in [-0.25, -0.2) is 0 Å². The van der Waals surface area contributed by atoms with Gasteiger partial charge in [0.05, 0.1) is 11.6 Å². The highest BCUT2D eigenvalue weighted by Crippen LogP contribution is 2.40. The van der Waals surface area contributed by atoms with Gasteiger partial charge in [0.2, 0.25) is 23.6 Å².